The first kappa shape index (κ1) is 19.5. The predicted molar refractivity (Wildman–Crippen MR) is 94.8 cm³/mol. The van der Waals surface area contributed by atoms with Gasteiger partial charge in [0.15, 0.2) is 6.79 Å². The van der Waals surface area contributed by atoms with E-state index in [1.165, 1.54) is 30.5 Å². The Balaban J connectivity index is 1.60. The Morgan fingerprint density at radius 2 is 2.18 bits per heavy atom. The Morgan fingerprint density at radius 1 is 1.36 bits per heavy atom. The molecule has 0 saturated carbocycles. The van der Waals surface area contributed by atoms with Gasteiger partial charge in [0.25, 0.3) is 11.6 Å². The average Bonchev–Trinajstić information content (AvgIpc) is 2.69. The van der Waals surface area contributed by atoms with Gasteiger partial charge in [0.1, 0.15) is 24.6 Å². The van der Waals surface area contributed by atoms with Gasteiger partial charge in [-0.1, -0.05) is 11.6 Å². The van der Waals surface area contributed by atoms with Gasteiger partial charge in [-0.25, -0.2) is 0 Å². The van der Waals surface area contributed by atoms with Crippen LogP contribution in [0.4, 0.5) is 5.69 Å². The van der Waals surface area contributed by atoms with Crippen LogP contribution in [0, 0.1) is 10.1 Å². The van der Waals surface area contributed by atoms with Crippen molar-refractivity contribution < 1.29 is 28.7 Å². The molecule has 2 aromatic rings. The zero-order chi connectivity index (χ0) is 20.1. The number of rotatable bonds is 6. The molecule has 3 rings (SSSR count). The molecule has 0 unspecified atom stereocenters. The molecule has 2 heterocycles. The first-order valence-electron chi connectivity index (χ1n) is 8.00. The molecule has 11 heteroatoms. The first-order chi connectivity index (χ1) is 13.4. The molecule has 1 amide bonds. The average molecular weight is 408 g/mol. The lowest BCUT2D eigenvalue weighted by Crippen LogP contribution is -2.31. The minimum absolute atomic E-state index is 0.00551. The van der Waals surface area contributed by atoms with E-state index < -0.39 is 23.3 Å². The number of amides is 1. The van der Waals surface area contributed by atoms with E-state index >= 15 is 0 Å². The van der Waals surface area contributed by atoms with Crippen molar-refractivity contribution in [3.63, 3.8) is 0 Å². The largest absolute Gasteiger partial charge is 0.467 e. The zero-order valence-corrected chi connectivity index (χ0v) is 15.1. The molecule has 0 spiro atoms. The molecule has 1 N–H and O–H groups in total. The minimum atomic E-state index is -0.734. The van der Waals surface area contributed by atoms with Crippen molar-refractivity contribution in [3.8, 4) is 5.75 Å². The summed E-state index contributed by atoms with van der Waals surface area (Å²) in [5.41, 5.74) is 0.719. The van der Waals surface area contributed by atoms with Gasteiger partial charge in [0, 0.05) is 34.5 Å². The summed E-state index contributed by atoms with van der Waals surface area (Å²) in [5.74, 6) is -0.938. The Morgan fingerprint density at radius 3 is 2.93 bits per heavy atom. The highest BCUT2D eigenvalue weighted by atomic mass is 35.5. The number of carbonyl (C=O) groups excluding carboxylic acids is 2. The fraction of sp³-hybridized carbons (Fsp3) is 0.235. The third-order valence-electron chi connectivity index (χ3n) is 3.72. The number of nitro groups is 1. The number of esters is 1. The third kappa shape index (κ3) is 4.72. The standard InChI is InChI=1S/C17H14ClN3O7/c18-12-1-2-19-14(5-12)17(23)20-6-15(22)27-8-11-4-13(21(24)25)3-10-7-26-9-28-16(10)11/h1-5H,6-9H2,(H,20,23). The van der Waals surface area contributed by atoms with Crippen LogP contribution in [0.25, 0.3) is 0 Å². The smallest absolute Gasteiger partial charge is 0.325 e. The van der Waals surface area contributed by atoms with Crippen molar-refractivity contribution in [1.29, 1.82) is 0 Å². The molecule has 1 aliphatic heterocycles. The lowest BCUT2D eigenvalue weighted by molar-refractivity contribution is -0.385. The van der Waals surface area contributed by atoms with Gasteiger partial charge in [-0.3, -0.25) is 24.7 Å². The van der Waals surface area contributed by atoms with E-state index in [0.29, 0.717) is 21.9 Å². The fourth-order valence-electron chi connectivity index (χ4n) is 2.47. The molecule has 1 aliphatic rings. The number of non-ortho nitro benzene ring substituents is 1. The van der Waals surface area contributed by atoms with Gasteiger partial charge in [0.2, 0.25) is 0 Å². The van der Waals surface area contributed by atoms with Crippen molar-refractivity contribution in [3.05, 3.63) is 62.4 Å². The van der Waals surface area contributed by atoms with E-state index in [4.69, 9.17) is 25.8 Å². The second-order valence-electron chi connectivity index (χ2n) is 5.66. The van der Waals surface area contributed by atoms with Crippen LogP contribution in [-0.4, -0.2) is 35.1 Å². The maximum atomic E-state index is 11.9. The molecule has 1 aromatic heterocycles. The number of ether oxygens (including phenoxy) is 3. The van der Waals surface area contributed by atoms with Crippen molar-refractivity contribution >= 4 is 29.2 Å². The SMILES string of the molecule is O=C(CNC(=O)c1cc(Cl)ccn1)OCc1cc([N+](=O)[O-])cc2c1OCOC2. The Bertz CT molecular complexity index is 935. The number of halogens is 1. The molecule has 146 valence electrons. The van der Waals surface area contributed by atoms with E-state index in [1.807, 2.05) is 0 Å². The van der Waals surface area contributed by atoms with Crippen LogP contribution >= 0.6 is 11.6 Å². The molecular formula is C17H14ClN3O7. The lowest BCUT2D eigenvalue weighted by Gasteiger charge is -2.20. The number of hydrogen-bond donors (Lipinski definition) is 1. The van der Waals surface area contributed by atoms with Crippen LogP contribution in [0.3, 0.4) is 0 Å². The van der Waals surface area contributed by atoms with Crippen LogP contribution < -0.4 is 10.1 Å². The van der Waals surface area contributed by atoms with Crippen LogP contribution in [0.15, 0.2) is 30.5 Å². The van der Waals surface area contributed by atoms with Gasteiger partial charge >= 0.3 is 5.97 Å². The number of aromatic nitrogens is 1. The summed E-state index contributed by atoms with van der Waals surface area (Å²) in [4.78, 5) is 38.2. The van der Waals surface area contributed by atoms with Gasteiger partial charge in [-0.05, 0) is 12.1 Å². The summed E-state index contributed by atoms with van der Waals surface area (Å²) in [6.45, 7) is -0.517. The molecule has 0 bridgehead atoms. The van der Waals surface area contributed by atoms with Crippen LogP contribution in [-0.2, 0) is 27.5 Å². The lowest BCUT2D eigenvalue weighted by atomic mass is 10.1. The summed E-state index contributed by atoms with van der Waals surface area (Å²) in [6.07, 6.45) is 1.37. The topological polar surface area (TPSA) is 130 Å². The van der Waals surface area contributed by atoms with E-state index in [0.717, 1.165) is 0 Å². The number of benzene rings is 1. The number of nitrogens with one attached hydrogen (secondary N) is 1. The quantitative estimate of drug-likeness (QED) is 0.437. The Labute approximate surface area is 163 Å². The second-order valence-corrected chi connectivity index (χ2v) is 6.10. The summed E-state index contributed by atoms with van der Waals surface area (Å²) < 4.78 is 15.6. The highest BCUT2D eigenvalue weighted by Crippen LogP contribution is 2.33. The van der Waals surface area contributed by atoms with Crippen molar-refractivity contribution in [2.24, 2.45) is 0 Å². The normalized spacial score (nSPS) is 12.5. The molecule has 0 fully saturated rings. The fourth-order valence-corrected chi connectivity index (χ4v) is 2.63. The van der Waals surface area contributed by atoms with Gasteiger partial charge in [-0.2, -0.15) is 0 Å². The van der Waals surface area contributed by atoms with E-state index in [2.05, 4.69) is 10.3 Å². The van der Waals surface area contributed by atoms with E-state index in [1.54, 1.807) is 0 Å². The number of nitrogens with zero attached hydrogens (tertiary/aromatic N) is 2. The maximum Gasteiger partial charge on any atom is 0.325 e. The van der Waals surface area contributed by atoms with Crippen LogP contribution in [0.1, 0.15) is 21.6 Å². The summed E-state index contributed by atoms with van der Waals surface area (Å²) in [6, 6.07) is 5.49. The van der Waals surface area contributed by atoms with E-state index in [-0.39, 0.29) is 31.4 Å². The molecule has 0 aliphatic carbocycles. The summed E-state index contributed by atoms with van der Waals surface area (Å²) in [7, 11) is 0. The molecule has 0 atom stereocenters. The van der Waals surface area contributed by atoms with Crippen molar-refractivity contribution in [1.82, 2.24) is 10.3 Å². The monoisotopic (exact) mass is 407 g/mol. The number of carbonyl (C=O) groups is 2. The minimum Gasteiger partial charge on any atom is -0.467 e. The summed E-state index contributed by atoms with van der Waals surface area (Å²) >= 11 is 5.78. The molecule has 0 radical (unpaired) electrons. The highest BCUT2D eigenvalue weighted by Gasteiger charge is 2.22. The van der Waals surface area contributed by atoms with Crippen molar-refractivity contribution in [2.75, 3.05) is 13.3 Å². The molecular weight excluding hydrogens is 394 g/mol. The van der Waals surface area contributed by atoms with Gasteiger partial charge in [-0.15, -0.1) is 0 Å². The van der Waals surface area contributed by atoms with Crippen molar-refractivity contribution in [2.45, 2.75) is 13.2 Å². The second kappa shape index (κ2) is 8.63. The Kier molecular flexibility index (Phi) is 6.02. The first-order valence-corrected chi connectivity index (χ1v) is 8.38. The number of nitro benzene ring substituents is 1. The molecule has 1 aromatic carbocycles. The molecule has 28 heavy (non-hydrogen) atoms. The highest BCUT2D eigenvalue weighted by molar-refractivity contribution is 6.30. The van der Waals surface area contributed by atoms with Gasteiger partial charge in [0.05, 0.1) is 11.5 Å². The van der Waals surface area contributed by atoms with Crippen LogP contribution in [0.2, 0.25) is 5.02 Å². The maximum absolute atomic E-state index is 11.9. The summed E-state index contributed by atoms with van der Waals surface area (Å²) in [5, 5.41) is 13.8. The van der Waals surface area contributed by atoms with Gasteiger partial charge < -0.3 is 19.5 Å². The number of hydrogen-bond acceptors (Lipinski definition) is 8. The zero-order valence-electron chi connectivity index (χ0n) is 14.3. The van der Waals surface area contributed by atoms with Crippen LogP contribution in [0.5, 0.6) is 5.75 Å². The number of pyridine rings is 1. The number of fused-ring (bicyclic) bond motifs is 1. The molecule has 10 nitrogen and oxygen atoms in total. The molecule has 0 saturated heterocycles. The van der Waals surface area contributed by atoms with E-state index in [9.17, 15) is 19.7 Å². The third-order valence-corrected chi connectivity index (χ3v) is 3.95. The predicted octanol–water partition coefficient (Wildman–Crippen LogP) is 1.98. The Hall–Kier alpha value is -3.24.